The Morgan fingerprint density at radius 3 is 2.25 bits per heavy atom. The van der Waals surface area contributed by atoms with Gasteiger partial charge in [0.15, 0.2) is 0 Å². The van der Waals surface area contributed by atoms with E-state index in [1.807, 2.05) is 24.3 Å². The van der Waals surface area contributed by atoms with E-state index in [9.17, 15) is 5.11 Å². The zero-order valence-electron chi connectivity index (χ0n) is 11.6. The van der Waals surface area contributed by atoms with Crippen LogP contribution in [-0.4, -0.2) is 11.2 Å². The second-order valence-corrected chi connectivity index (χ2v) is 5.58. The van der Waals surface area contributed by atoms with Gasteiger partial charge in [0.05, 0.1) is 11.6 Å². The van der Waals surface area contributed by atoms with E-state index >= 15 is 0 Å². The SMILES string of the molecule is O[C@@H]1CCC[C@@]1(NCc1ccccc1)c1ccccc1. The van der Waals surface area contributed by atoms with Crippen LogP contribution in [0.1, 0.15) is 30.4 Å². The number of nitrogens with one attached hydrogen (secondary N) is 1. The number of aliphatic hydroxyl groups is 1. The third-order valence-electron chi connectivity index (χ3n) is 4.36. The van der Waals surface area contributed by atoms with Crippen molar-refractivity contribution in [2.45, 2.75) is 37.5 Å². The second kappa shape index (κ2) is 5.78. The molecular weight excluding hydrogens is 246 g/mol. The van der Waals surface area contributed by atoms with E-state index in [4.69, 9.17) is 0 Å². The molecule has 0 bridgehead atoms. The number of hydrogen-bond acceptors (Lipinski definition) is 2. The first-order valence-corrected chi connectivity index (χ1v) is 7.34. The molecule has 2 nitrogen and oxygen atoms in total. The number of aliphatic hydroxyl groups excluding tert-OH is 1. The minimum absolute atomic E-state index is 0.295. The molecule has 104 valence electrons. The zero-order chi connectivity index (χ0) is 13.8. The predicted molar refractivity (Wildman–Crippen MR) is 81.3 cm³/mol. The summed E-state index contributed by atoms with van der Waals surface area (Å²) in [6.07, 6.45) is 2.62. The van der Waals surface area contributed by atoms with Crippen LogP contribution in [0.15, 0.2) is 60.7 Å². The summed E-state index contributed by atoms with van der Waals surface area (Å²) >= 11 is 0. The van der Waals surface area contributed by atoms with Crippen molar-refractivity contribution < 1.29 is 5.11 Å². The monoisotopic (exact) mass is 267 g/mol. The number of benzene rings is 2. The Hall–Kier alpha value is -1.64. The smallest absolute Gasteiger partial charge is 0.0763 e. The van der Waals surface area contributed by atoms with Gasteiger partial charge in [-0.1, -0.05) is 60.7 Å². The summed E-state index contributed by atoms with van der Waals surface area (Å²) in [7, 11) is 0. The van der Waals surface area contributed by atoms with Gasteiger partial charge in [-0.25, -0.2) is 0 Å². The summed E-state index contributed by atoms with van der Waals surface area (Å²) in [6, 6.07) is 20.7. The van der Waals surface area contributed by atoms with Crippen LogP contribution in [-0.2, 0) is 12.1 Å². The molecule has 0 heterocycles. The molecule has 0 saturated heterocycles. The van der Waals surface area contributed by atoms with Crippen molar-refractivity contribution in [2.24, 2.45) is 0 Å². The largest absolute Gasteiger partial charge is 0.391 e. The average molecular weight is 267 g/mol. The second-order valence-electron chi connectivity index (χ2n) is 5.58. The van der Waals surface area contributed by atoms with Crippen molar-refractivity contribution >= 4 is 0 Å². The molecule has 0 spiro atoms. The highest BCUT2D eigenvalue weighted by Crippen LogP contribution is 2.39. The minimum Gasteiger partial charge on any atom is -0.391 e. The third-order valence-corrected chi connectivity index (χ3v) is 4.36. The molecule has 2 aromatic rings. The molecule has 0 amide bonds. The van der Waals surface area contributed by atoms with Gasteiger partial charge in [-0.05, 0) is 30.4 Å². The van der Waals surface area contributed by atoms with Crippen LogP contribution < -0.4 is 5.32 Å². The molecule has 2 aromatic carbocycles. The summed E-state index contributed by atoms with van der Waals surface area (Å²) in [5.74, 6) is 0. The highest BCUT2D eigenvalue weighted by atomic mass is 16.3. The molecule has 2 heteroatoms. The van der Waals surface area contributed by atoms with Crippen LogP contribution in [0.2, 0.25) is 0 Å². The molecule has 0 aliphatic heterocycles. The van der Waals surface area contributed by atoms with Crippen molar-refractivity contribution in [3.63, 3.8) is 0 Å². The maximum absolute atomic E-state index is 10.5. The van der Waals surface area contributed by atoms with Crippen molar-refractivity contribution in [2.75, 3.05) is 0 Å². The molecular formula is C18H21NO. The van der Waals surface area contributed by atoms with Crippen molar-refractivity contribution in [1.29, 1.82) is 0 Å². The highest BCUT2D eigenvalue weighted by Gasteiger charge is 2.42. The lowest BCUT2D eigenvalue weighted by Crippen LogP contribution is -2.47. The molecule has 2 N–H and O–H groups in total. The Morgan fingerprint density at radius 2 is 1.65 bits per heavy atom. The first kappa shape index (κ1) is 13.3. The minimum atomic E-state index is -0.311. The van der Waals surface area contributed by atoms with Gasteiger partial charge in [0.25, 0.3) is 0 Å². The fraction of sp³-hybridized carbons (Fsp3) is 0.333. The van der Waals surface area contributed by atoms with E-state index in [1.54, 1.807) is 0 Å². The summed E-state index contributed by atoms with van der Waals surface area (Å²) < 4.78 is 0. The normalized spacial score (nSPS) is 25.8. The van der Waals surface area contributed by atoms with Crippen molar-refractivity contribution in [3.05, 3.63) is 71.8 Å². The van der Waals surface area contributed by atoms with Crippen LogP contribution in [0.4, 0.5) is 0 Å². The van der Waals surface area contributed by atoms with E-state index < -0.39 is 0 Å². The standard InChI is InChI=1S/C18H21NO/c20-17-12-7-13-18(17,16-10-5-2-6-11-16)19-14-15-8-3-1-4-9-15/h1-6,8-11,17,19-20H,7,12-14H2/t17-,18-/m1/s1. The van der Waals surface area contributed by atoms with E-state index in [0.29, 0.717) is 0 Å². The first-order chi connectivity index (χ1) is 9.81. The van der Waals surface area contributed by atoms with E-state index in [2.05, 4.69) is 41.7 Å². The van der Waals surface area contributed by atoms with Crippen molar-refractivity contribution in [1.82, 2.24) is 5.32 Å². The lowest BCUT2D eigenvalue weighted by Gasteiger charge is -2.35. The Labute approximate surface area is 120 Å². The maximum Gasteiger partial charge on any atom is 0.0763 e. The zero-order valence-corrected chi connectivity index (χ0v) is 11.6. The summed E-state index contributed by atoms with van der Waals surface area (Å²) in [4.78, 5) is 0. The van der Waals surface area contributed by atoms with Crippen LogP contribution >= 0.6 is 0 Å². The Kier molecular flexibility index (Phi) is 3.86. The van der Waals surface area contributed by atoms with Gasteiger partial charge in [0, 0.05) is 6.54 Å². The molecule has 1 aliphatic carbocycles. The molecule has 1 fully saturated rings. The highest BCUT2D eigenvalue weighted by molar-refractivity contribution is 5.28. The molecule has 3 rings (SSSR count). The summed E-state index contributed by atoms with van der Waals surface area (Å²) in [5, 5.41) is 14.1. The topological polar surface area (TPSA) is 32.3 Å². The van der Waals surface area contributed by atoms with Gasteiger partial charge >= 0.3 is 0 Å². The molecule has 1 saturated carbocycles. The molecule has 1 aliphatic rings. The van der Waals surface area contributed by atoms with Crippen LogP contribution in [0.3, 0.4) is 0 Å². The van der Waals surface area contributed by atoms with Gasteiger partial charge in [-0.3, -0.25) is 0 Å². The van der Waals surface area contributed by atoms with Crippen LogP contribution in [0, 0.1) is 0 Å². The van der Waals surface area contributed by atoms with E-state index in [1.165, 1.54) is 11.1 Å². The molecule has 0 aromatic heterocycles. The summed E-state index contributed by atoms with van der Waals surface area (Å²) in [5.41, 5.74) is 2.15. The Bertz CT molecular complexity index is 540. The van der Waals surface area contributed by atoms with Gasteiger partial charge in [0.2, 0.25) is 0 Å². The van der Waals surface area contributed by atoms with Gasteiger partial charge in [-0.2, -0.15) is 0 Å². The molecule has 2 atom stereocenters. The Morgan fingerprint density at radius 1 is 1.00 bits per heavy atom. The Balaban J connectivity index is 1.84. The van der Waals surface area contributed by atoms with Crippen molar-refractivity contribution in [3.8, 4) is 0 Å². The summed E-state index contributed by atoms with van der Waals surface area (Å²) in [6.45, 7) is 0.785. The van der Waals surface area contributed by atoms with Crippen LogP contribution in [0.5, 0.6) is 0 Å². The quantitative estimate of drug-likeness (QED) is 0.891. The molecule has 20 heavy (non-hydrogen) atoms. The van der Waals surface area contributed by atoms with Gasteiger partial charge in [0.1, 0.15) is 0 Å². The molecule has 0 radical (unpaired) electrons. The molecule has 0 unspecified atom stereocenters. The van der Waals surface area contributed by atoms with E-state index in [0.717, 1.165) is 25.8 Å². The van der Waals surface area contributed by atoms with Gasteiger partial charge in [-0.15, -0.1) is 0 Å². The third kappa shape index (κ3) is 2.49. The fourth-order valence-electron chi connectivity index (χ4n) is 3.22. The maximum atomic E-state index is 10.5. The first-order valence-electron chi connectivity index (χ1n) is 7.34. The number of rotatable bonds is 4. The predicted octanol–water partition coefficient (Wildman–Crippen LogP) is 3.22. The fourth-order valence-corrected chi connectivity index (χ4v) is 3.22. The van der Waals surface area contributed by atoms with Crippen LogP contribution in [0.25, 0.3) is 0 Å². The van der Waals surface area contributed by atoms with Gasteiger partial charge < -0.3 is 10.4 Å². The lowest BCUT2D eigenvalue weighted by atomic mass is 9.86. The number of hydrogen-bond donors (Lipinski definition) is 2. The van der Waals surface area contributed by atoms with E-state index in [-0.39, 0.29) is 11.6 Å². The average Bonchev–Trinajstić information content (AvgIpc) is 2.89. The lowest BCUT2D eigenvalue weighted by molar-refractivity contribution is 0.0823.